The number of hydrogen-bond donors (Lipinski definition) is 1. The molecular formula is HNO6S. The lowest BCUT2D eigenvalue weighted by Gasteiger charge is -1.86. The molecule has 0 spiro atoms. The minimum Gasteiger partial charge on any atom is -0.227 e. The molecule has 0 aromatic rings. The second-order valence-electron chi connectivity index (χ2n) is 0.496. The Balaban J connectivity index is 3.18. The van der Waals surface area contributed by atoms with Gasteiger partial charge >= 0.3 is 11.4 Å². The molecule has 0 saturated carbocycles. The van der Waals surface area contributed by atoms with E-state index in [0.29, 0.717) is 0 Å². The van der Waals surface area contributed by atoms with Crippen LogP contribution in [0.4, 0.5) is 0 Å². The molecule has 0 aromatic carbocycles. The van der Waals surface area contributed by atoms with Gasteiger partial charge in [-0.15, -0.1) is 4.91 Å². The molecule has 0 aliphatic rings. The van der Waals surface area contributed by atoms with Crippen LogP contribution in [0.15, 0.2) is 5.34 Å². The third kappa shape index (κ3) is 3.61. The van der Waals surface area contributed by atoms with Crippen molar-refractivity contribution in [3.8, 4) is 0 Å². The molecule has 0 aliphatic heterocycles. The van der Waals surface area contributed by atoms with Gasteiger partial charge in [0, 0.05) is 0 Å². The van der Waals surface area contributed by atoms with Crippen LogP contribution in [0.1, 0.15) is 0 Å². The SMILES string of the molecule is O=NOS(=O)OOO. The van der Waals surface area contributed by atoms with E-state index in [4.69, 9.17) is 10.2 Å². The van der Waals surface area contributed by atoms with Crippen LogP contribution < -0.4 is 0 Å². The van der Waals surface area contributed by atoms with E-state index in [-0.39, 0.29) is 0 Å². The van der Waals surface area contributed by atoms with E-state index in [9.17, 15) is 4.21 Å². The highest BCUT2D eigenvalue weighted by molar-refractivity contribution is 7.75. The van der Waals surface area contributed by atoms with Gasteiger partial charge in [0.15, 0.2) is 5.34 Å². The highest BCUT2D eigenvalue weighted by Crippen LogP contribution is 1.86. The summed E-state index contributed by atoms with van der Waals surface area (Å²) in [6.45, 7) is 0. The van der Waals surface area contributed by atoms with Crippen LogP contribution in [0, 0.1) is 4.91 Å². The number of hydrogen-bond acceptors (Lipinski definition) is 7. The Morgan fingerprint density at radius 1 is 1.62 bits per heavy atom. The van der Waals surface area contributed by atoms with Gasteiger partial charge in [0.2, 0.25) is 0 Å². The van der Waals surface area contributed by atoms with Crippen molar-refractivity contribution in [1.29, 1.82) is 0 Å². The molecule has 0 radical (unpaired) electrons. The summed E-state index contributed by atoms with van der Waals surface area (Å²) in [4.78, 5) is 9.01. The topological polar surface area (TPSA) is 94.4 Å². The van der Waals surface area contributed by atoms with Crippen LogP contribution in [0.5, 0.6) is 0 Å². The average molecular weight is 143 g/mol. The lowest BCUT2D eigenvalue weighted by molar-refractivity contribution is -0.437. The largest absolute Gasteiger partial charge is 0.415 e. The zero-order chi connectivity index (χ0) is 6.41. The summed E-state index contributed by atoms with van der Waals surface area (Å²) in [6, 6.07) is 0. The quantitative estimate of drug-likeness (QED) is 0.329. The Bertz CT molecular complexity index is 88.5. The molecule has 0 amide bonds. The van der Waals surface area contributed by atoms with Gasteiger partial charge < -0.3 is 0 Å². The van der Waals surface area contributed by atoms with Crippen molar-refractivity contribution >= 4 is 11.4 Å². The van der Waals surface area contributed by atoms with E-state index >= 15 is 0 Å². The predicted octanol–water partition coefficient (Wildman–Crippen LogP) is -0.316. The molecule has 0 aliphatic carbocycles. The first kappa shape index (κ1) is 7.43. The minimum absolute atomic E-state index is 1.69. The van der Waals surface area contributed by atoms with Gasteiger partial charge in [-0.3, -0.25) is 0 Å². The third-order valence-electron chi connectivity index (χ3n) is 0.177. The van der Waals surface area contributed by atoms with Crippen LogP contribution >= 0.6 is 0 Å². The van der Waals surface area contributed by atoms with Gasteiger partial charge in [-0.1, -0.05) is 9.37 Å². The normalized spacial score (nSPS) is 12.6. The minimum atomic E-state index is -2.47. The summed E-state index contributed by atoms with van der Waals surface area (Å²) in [7, 11) is 0. The van der Waals surface area contributed by atoms with Crippen LogP contribution in [-0.4, -0.2) is 9.47 Å². The molecular weight excluding hydrogens is 142 g/mol. The van der Waals surface area contributed by atoms with Crippen molar-refractivity contribution in [3.05, 3.63) is 4.91 Å². The van der Waals surface area contributed by atoms with Crippen LogP contribution in [0.3, 0.4) is 0 Å². The first-order chi connectivity index (χ1) is 3.81. The van der Waals surface area contributed by atoms with E-state index in [1.54, 1.807) is 5.34 Å². The second kappa shape index (κ2) is 4.59. The molecule has 1 N–H and O–H groups in total. The van der Waals surface area contributed by atoms with E-state index in [1.807, 2.05) is 0 Å². The summed E-state index contributed by atoms with van der Waals surface area (Å²) in [5.41, 5.74) is 0. The van der Waals surface area contributed by atoms with Crippen molar-refractivity contribution in [2.45, 2.75) is 0 Å². The van der Waals surface area contributed by atoms with Gasteiger partial charge in [-0.2, -0.15) is 4.21 Å². The molecule has 8 heteroatoms. The Morgan fingerprint density at radius 3 is 2.62 bits per heavy atom. The highest BCUT2D eigenvalue weighted by Gasteiger charge is 1.99. The Kier molecular flexibility index (Phi) is 4.26. The number of rotatable bonds is 4. The van der Waals surface area contributed by atoms with Crippen molar-refractivity contribution < 1.29 is 23.1 Å². The van der Waals surface area contributed by atoms with E-state index in [1.165, 1.54) is 0 Å². The monoisotopic (exact) mass is 143 g/mol. The maximum Gasteiger partial charge on any atom is 0.415 e. The lowest BCUT2D eigenvalue weighted by atomic mass is 13.4. The van der Waals surface area contributed by atoms with Gasteiger partial charge in [0.05, 0.1) is 0 Å². The standard InChI is InChI=1S/HNO6S/c2-1-5-8(4)7-6-3/h3H. The van der Waals surface area contributed by atoms with Crippen LogP contribution in [0.2, 0.25) is 0 Å². The summed E-state index contributed by atoms with van der Waals surface area (Å²) in [5, 5.41) is 11.8. The highest BCUT2D eigenvalue weighted by atomic mass is 32.2. The molecule has 1 atom stereocenters. The van der Waals surface area contributed by atoms with E-state index in [0.717, 1.165) is 0 Å². The molecule has 7 nitrogen and oxygen atoms in total. The van der Waals surface area contributed by atoms with Crippen molar-refractivity contribution in [2.75, 3.05) is 0 Å². The third-order valence-corrected chi connectivity index (χ3v) is 0.532. The summed E-state index contributed by atoms with van der Waals surface area (Å²) in [6.07, 6.45) is 0. The summed E-state index contributed by atoms with van der Waals surface area (Å²) < 4.78 is 16.3. The van der Waals surface area contributed by atoms with Crippen molar-refractivity contribution in [2.24, 2.45) is 5.34 Å². The van der Waals surface area contributed by atoms with E-state index < -0.39 is 11.4 Å². The maximum atomic E-state index is 9.73. The van der Waals surface area contributed by atoms with Crippen molar-refractivity contribution in [3.63, 3.8) is 0 Å². The fourth-order valence-corrected chi connectivity index (χ4v) is 0.186. The van der Waals surface area contributed by atoms with Gasteiger partial charge in [-0.05, 0) is 0 Å². The number of nitrogens with zero attached hydrogens (tertiary/aromatic N) is 1. The first-order valence-electron chi connectivity index (χ1n) is 1.21. The molecule has 0 fully saturated rings. The fourth-order valence-electron chi connectivity index (χ4n) is 0.0621. The first-order valence-corrected chi connectivity index (χ1v) is 2.21. The molecule has 48 valence electrons. The van der Waals surface area contributed by atoms with Crippen LogP contribution in [-0.2, 0) is 25.0 Å². The van der Waals surface area contributed by atoms with Gasteiger partial charge in [-0.25, -0.2) is 9.54 Å². The summed E-state index contributed by atoms with van der Waals surface area (Å²) >= 11 is -2.47. The predicted molar refractivity (Wildman–Crippen MR) is 19.8 cm³/mol. The molecule has 8 heavy (non-hydrogen) atoms. The zero-order valence-electron chi connectivity index (χ0n) is 3.34. The molecule has 1 unspecified atom stereocenters. The summed E-state index contributed by atoms with van der Waals surface area (Å²) in [5.74, 6) is 0. The zero-order valence-corrected chi connectivity index (χ0v) is 4.16. The van der Waals surface area contributed by atoms with E-state index in [2.05, 4.69) is 13.7 Å². The lowest BCUT2D eigenvalue weighted by Crippen LogP contribution is -1.95. The van der Waals surface area contributed by atoms with Gasteiger partial charge in [0.1, 0.15) is 0 Å². The Hall–Kier alpha value is -0.570. The van der Waals surface area contributed by atoms with Gasteiger partial charge in [0.25, 0.3) is 0 Å². The smallest absolute Gasteiger partial charge is 0.227 e. The molecule has 0 bridgehead atoms. The molecule has 0 rings (SSSR count). The van der Waals surface area contributed by atoms with Crippen molar-refractivity contribution in [1.82, 2.24) is 0 Å². The Labute approximate surface area is 45.8 Å². The Morgan fingerprint density at radius 2 is 2.25 bits per heavy atom. The fraction of sp³-hybridized carbons (Fsp3) is 0. The second-order valence-corrected chi connectivity index (χ2v) is 1.19. The molecule has 0 aromatic heterocycles. The average Bonchev–Trinajstić information content (AvgIpc) is 1.68. The maximum absolute atomic E-state index is 9.73. The molecule has 0 heterocycles. The molecule has 0 saturated heterocycles. The van der Waals surface area contributed by atoms with Crippen LogP contribution in [0.25, 0.3) is 0 Å².